The summed E-state index contributed by atoms with van der Waals surface area (Å²) < 4.78 is 40.7. The first-order valence-electron chi connectivity index (χ1n) is 9.56. The fraction of sp³-hybridized carbons (Fsp3) is 0.526. The number of aryl methyl sites for hydroxylation is 2. The molecule has 0 saturated carbocycles. The summed E-state index contributed by atoms with van der Waals surface area (Å²) in [6, 6.07) is 4.99. The molecule has 0 amide bonds. The van der Waals surface area contributed by atoms with Crippen LogP contribution in [0.4, 0.5) is 9.52 Å². The number of rotatable bonds is 9. The number of fused-ring (bicyclic) bond motifs is 3. The first kappa shape index (κ1) is 21.2. The number of anilines is 1. The van der Waals surface area contributed by atoms with Crippen LogP contribution >= 0.6 is 11.3 Å². The molecule has 0 radical (unpaired) electrons. The Hall–Kier alpha value is -1.55. The second-order valence-electron chi connectivity index (χ2n) is 7.12. The van der Waals surface area contributed by atoms with E-state index >= 15 is 0 Å². The van der Waals surface area contributed by atoms with Crippen molar-refractivity contribution in [3.05, 3.63) is 34.5 Å². The number of halogens is 1. The average molecular weight is 427 g/mol. The van der Waals surface area contributed by atoms with E-state index in [0.717, 1.165) is 67.0 Å². The SMILES string of the molecule is CN(C)S(=O)(=O)NCCCCCNc1nc2c(s1)CCCc1ccc(F)cc1-2. The molecule has 0 aliphatic heterocycles. The third kappa shape index (κ3) is 5.28. The van der Waals surface area contributed by atoms with Gasteiger partial charge in [0.2, 0.25) is 0 Å². The van der Waals surface area contributed by atoms with Crippen LogP contribution in [0.25, 0.3) is 11.3 Å². The summed E-state index contributed by atoms with van der Waals surface area (Å²) in [4.78, 5) is 5.94. The average Bonchev–Trinajstić information content (AvgIpc) is 2.97. The number of benzene rings is 1. The van der Waals surface area contributed by atoms with Gasteiger partial charge in [-0.05, 0) is 49.8 Å². The van der Waals surface area contributed by atoms with Crippen molar-refractivity contribution in [3.63, 3.8) is 0 Å². The highest BCUT2D eigenvalue weighted by molar-refractivity contribution is 7.87. The Bertz CT molecular complexity index is 913. The standard InChI is InChI=1S/C19H27FN4O2S2/c1-24(2)28(25,26)22-12-5-3-4-11-21-19-23-18-16-13-15(20)10-9-14(16)7-6-8-17(18)27-19/h9-10,13,22H,3-8,11-12H2,1-2H3,(H,21,23). The number of unbranched alkanes of at least 4 members (excludes halogenated alkanes) is 2. The Balaban J connectivity index is 1.48. The van der Waals surface area contributed by atoms with E-state index in [1.165, 1.54) is 29.3 Å². The molecule has 2 N–H and O–H groups in total. The number of nitrogens with zero attached hydrogens (tertiary/aromatic N) is 2. The normalized spacial score (nSPS) is 13.9. The smallest absolute Gasteiger partial charge is 0.278 e. The van der Waals surface area contributed by atoms with Gasteiger partial charge in [-0.1, -0.05) is 12.5 Å². The lowest BCUT2D eigenvalue weighted by molar-refractivity contribution is 0.502. The fourth-order valence-corrected chi connectivity index (χ4v) is 4.89. The molecule has 6 nitrogen and oxygen atoms in total. The van der Waals surface area contributed by atoms with Gasteiger partial charge in [-0.2, -0.15) is 12.7 Å². The molecule has 1 aromatic carbocycles. The van der Waals surface area contributed by atoms with Crippen molar-refractivity contribution in [3.8, 4) is 11.3 Å². The molecule has 0 atom stereocenters. The second kappa shape index (κ2) is 9.30. The first-order chi connectivity index (χ1) is 13.4. The van der Waals surface area contributed by atoms with Gasteiger partial charge in [-0.15, -0.1) is 11.3 Å². The van der Waals surface area contributed by atoms with E-state index in [4.69, 9.17) is 4.98 Å². The maximum absolute atomic E-state index is 13.7. The quantitative estimate of drug-likeness (QED) is 0.603. The Kier molecular flexibility index (Phi) is 7.03. The fourth-order valence-electron chi connectivity index (χ4n) is 3.19. The molecule has 0 fully saturated rings. The Morgan fingerprint density at radius 2 is 1.96 bits per heavy atom. The molecular weight excluding hydrogens is 399 g/mol. The van der Waals surface area contributed by atoms with Gasteiger partial charge in [0.05, 0.1) is 5.69 Å². The monoisotopic (exact) mass is 426 g/mol. The van der Waals surface area contributed by atoms with Crippen LogP contribution in [0.15, 0.2) is 18.2 Å². The minimum Gasteiger partial charge on any atom is -0.361 e. The Morgan fingerprint density at radius 1 is 1.18 bits per heavy atom. The largest absolute Gasteiger partial charge is 0.361 e. The van der Waals surface area contributed by atoms with Crippen LogP contribution in [0.5, 0.6) is 0 Å². The van der Waals surface area contributed by atoms with Crippen LogP contribution in [0.3, 0.4) is 0 Å². The van der Waals surface area contributed by atoms with E-state index in [2.05, 4.69) is 10.0 Å². The van der Waals surface area contributed by atoms with Gasteiger partial charge in [-0.25, -0.2) is 14.1 Å². The molecular formula is C19H27FN4O2S2. The highest BCUT2D eigenvalue weighted by Gasteiger charge is 2.19. The lowest BCUT2D eigenvalue weighted by atomic mass is 10.0. The summed E-state index contributed by atoms with van der Waals surface area (Å²) in [6.07, 6.45) is 5.61. The zero-order valence-electron chi connectivity index (χ0n) is 16.3. The van der Waals surface area contributed by atoms with E-state index < -0.39 is 10.2 Å². The van der Waals surface area contributed by atoms with Crippen LogP contribution in [0.2, 0.25) is 0 Å². The van der Waals surface area contributed by atoms with E-state index in [1.807, 2.05) is 6.07 Å². The summed E-state index contributed by atoms with van der Waals surface area (Å²) in [5.41, 5.74) is 3.00. The molecule has 1 aromatic heterocycles. The molecule has 0 bridgehead atoms. The van der Waals surface area contributed by atoms with E-state index in [-0.39, 0.29) is 5.82 Å². The first-order valence-corrected chi connectivity index (χ1v) is 11.8. The van der Waals surface area contributed by atoms with Crippen LogP contribution in [0.1, 0.15) is 36.1 Å². The number of hydrogen-bond acceptors (Lipinski definition) is 5. The summed E-state index contributed by atoms with van der Waals surface area (Å²) in [6.45, 7) is 1.22. The van der Waals surface area contributed by atoms with Crippen molar-refractivity contribution in [2.24, 2.45) is 0 Å². The molecule has 3 rings (SSSR count). The molecule has 154 valence electrons. The van der Waals surface area contributed by atoms with Gasteiger partial charge >= 0.3 is 0 Å². The number of thiazole rings is 1. The second-order valence-corrected chi connectivity index (χ2v) is 10.2. The molecule has 1 heterocycles. The number of nitrogens with one attached hydrogen (secondary N) is 2. The van der Waals surface area contributed by atoms with Crippen LogP contribution < -0.4 is 10.0 Å². The minimum absolute atomic E-state index is 0.223. The zero-order chi connectivity index (χ0) is 20.1. The lowest BCUT2D eigenvalue weighted by Crippen LogP contribution is -2.36. The molecule has 0 unspecified atom stereocenters. The molecule has 0 spiro atoms. The van der Waals surface area contributed by atoms with Crippen LogP contribution in [-0.4, -0.2) is 44.9 Å². The van der Waals surface area contributed by atoms with Crippen molar-refractivity contribution in [1.82, 2.24) is 14.0 Å². The van der Waals surface area contributed by atoms with Crippen LogP contribution in [0, 0.1) is 5.82 Å². The zero-order valence-corrected chi connectivity index (χ0v) is 17.9. The topological polar surface area (TPSA) is 74.3 Å². The van der Waals surface area contributed by atoms with Crippen molar-refractivity contribution in [2.45, 2.75) is 38.5 Å². The summed E-state index contributed by atoms with van der Waals surface area (Å²) >= 11 is 1.65. The predicted molar refractivity (Wildman–Crippen MR) is 112 cm³/mol. The van der Waals surface area contributed by atoms with Crippen molar-refractivity contribution >= 4 is 26.7 Å². The Labute approximate surface area is 170 Å². The maximum Gasteiger partial charge on any atom is 0.278 e. The molecule has 1 aliphatic rings. The Morgan fingerprint density at radius 3 is 2.75 bits per heavy atom. The van der Waals surface area contributed by atoms with Gasteiger partial charge in [0.25, 0.3) is 10.2 Å². The lowest BCUT2D eigenvalue weighted by Gasteiger charge is -2.12. The third-order valence-corrected chi connectivity index (χ3v) is 7.37. The van der Waals surface area contributed by atoms with Gasteiger partial charge < -0.3 is 5.32 Å². The van der Waals surface area contributed by atoms with E-state index in [1.54, 1.807) is 17.4 Å². The summed E-state index contributed by atoms with van der Waals surface area (Å²) in [5, 5.41) is 4.23. The van der Waals surface area contributed by atoms with Crippen molar-refractivity contribution < 1.29 is 12.8 Å². The van der Waals surface area contributed by atoms with Gasteiger partial charge in [0.15, 0.2) is 5.13 Å². The summed E-state index contributed by atoms with van der Waals surface area (Å²) in [5.74, 6) is -0.223. The van der Waals surface area contributed by atoms with E-state index in [9.17, 15) is 12.8 Å². The molecule has 2 aromatic rings. The summed E-state index contributed by atoms with van der Waals surface area (Å²) in [7, 11) is -0.317. The van der Waals surface area contributed by atoms with E-state index in [0.29, 0.717) is 6.54 Å². The highest BCUT2D eigenvalue weighted by Crippen LogP contribution is 2.37. The number of aromatic nitrogens is 1. The molecule has 0 saturated heterocycles. The maximum atomic E-state index is 13.7. The van der Waals surface area contributed by atoms with Gasteiger partial charge in [0.1, 0.15) is 5.82 Å². The minimum atomic E-state index is -3.33. The predicted octanol–water partition coefficient (Wildman–Crippen LogP) is 3.42. The molecule has 1 aliphatic carbocycles. The van der Waals surface area contributed by atoms with Gasteiger partial charge in [-0.3, -0.25) is 0 Å². The van der Waals surface area contributed by atoms with Crippen LogP contribution in [-0.2, 0) is 23.1 Å². The highest BCUT2D eigenvalue weighted by atomic mass is 32.2. The van der Waals surface area contributed by atoms with Crippen molar-refractivity contribution in [2.75, 3.05) is 32.5 Å². The van der Waals surface area contributed by atoms with Crippen molar-refractivity contribution in [1.29, 1.82) is 0 Å². The molecule has 9 heteroatoms. The third-order valence-electron chi connectivity index (χ3n) is 4.77. The molecule has 28 heavy (non-hydrogen) atoms. The van der Waals surface area contributed by atoms with Gasteiger partial charge in [0, 0.05) is 37.6 Å². The number of hydrogen-bond donors (Lipinski definition) is 2.